The molecule has 0 aliphatic rings. The van der Waals surface area contributed by atoms with Gasteiger partial charge in [-0.1, -0.05) is 66.2 Å². The molecule has 1 amide bonds. The smallest absolute Gasteiger partial charge is 0.275 e. The summed E-state index contributed by atoms with van der Waals surface area (Å²) in [6, 6.07) is 22.0. The van der Waals surface area contributed by atoms with Gasteiger partial charge in [0.25, 0.3) is 5.91 Å². The molecule has 0 saturated carbocycles. The van der Waals surface area contributed by atoms with Crippen molar-refractivity contribution in [2.24, 2.45) is 0 Å². The van der Waals surface area contributed by atoms with Gasteiger partial charge in [0.15, 0.2) is 6.54 Å². The van der Waals surface area contributed by atoms with Crippen LogP contribution < -0.4 is 10.6 Å². The van der Waals surface area contributed by atoms with Crippen molar-refractivity contribution in [2.75, 3.05) is 6.54 Å². The van der Waals surface area contributed by atoms with Crippen LogP contribution >= 0.6 is 22.9 Å². The predicted octanol–water partition coefficient (Wildman–Crippen LogP) is 3.93. The van der Waals surface area contributed by atoms with E-state index < -0.39 is 0 Å². The number of nitrogens with two attached hydrogens (primary N) is 1. The second-order valence-electron chi connectivity index (χ2n) is 6.15. The van der Waals surface area contributed by atoms with Crippen LogP contribution in [0, 0.1) is 0 Å². The Balaban J connectivity index is 1.64. The fourth-order valence-corrected chi connectivity index (χ4v) is 4.12. The van der Waals surface area contributed by atoms with E-state index in [0.717, 1.165) is 5.56 Å². The van der Waals surface area contributed by atoms with Crippen LogP contribution in [0.5, 0.6) is 0 Å². The molecule has 3 aromatic rings. The minimum atomic E-state index is -0.124. The van der Waals surface area contributed by atoms with E-state index in [1.54, 1.807) is 11.3 Å². The number of carbonyl (C=O) groups is 1. The first-order chi connectivity index (χ1) is 12.6. The van der Waals surface area contributed by atoms with Crippen molar-refractivity contribution in [1.29, 1.82) is 0 Å². The highest BCUT2D eigenvalue weighted by Gasteiger charge is 2.20. The van der Waals surface area contributed by atoms with Gasteiger partial charge in [0.2, 0.25) is 0 Å². The Labute approximate surface area is 163 Å². The van der Waals surface area contributed by atoms with Crippen LogP contribution in [0.2, 0.25) is 5.02 Å². The van der Waals surface area contributed by atoms with Gasteiger partial charge in [-0.15, -0.1) is 11.3 Å². The van der Waals surface area contributed by atoms with Crippen LogP contribution in [0.1, 0.15) is 35.0 Å². The molecular formula is C21H22ClN2OS+. The van der Waals surface area contributed by atoms with Gasteiger partial charge in [-0.05, 0) is 30.0 Å². The van der Waals surface area contributed by atoms with Crippen molar-refractivity contribution >= 4 is 28.8 Å². The first-order valence-electron chi connectivity index (χ1n) is 8.60. The Morgan fingerprint density at radius 3 is 2.50 bits per heavy atom. The fourth-order valence-electron chi connectivity index (χ4n) is 2.97. The van der Waals surface area contributed by atoms with E-state index in [-0.39, 0.29) is 18.0 Å². The SMILES string of the molecule is C[C@@H](NC(=O)C[NH2+][C@@H](c1ccccc1)c1cccs1)c1ccccc1Cl. The highest BCUT2D eigenvalue weighted by atomic mass is 35.5. The van der Waals surface area contributed by atoms with E-state index in [9.17, 15) is 4.79 Å². The topological polar surface area (TPSA) is 45.7 Å². The van der Waals surface area contributed by atoms with E-state index in [0.29, 0.717) is 11.6 Å². The minimum absolute atomic E-state index is 0.00472. The minimum Gasteiger partial charge on any atom is -0.345 e. The van der Waals surface area contributed by atoms with Crippen LogP contribution in [0.3, 0.4) is 0 Å². The number of carbonyl (C=O) groups excluding carboxylic acids is 1. The zero-order valence-corrected chi connectivity index (χ0v) is 16.1. The normalized spacial score (nSPS) is 13.2. The summed E-state index contributed by atoms with van der Waals surface area (Å²) in [6.07, 6.45) is 0. The molecule has 3 rings (SSSR count). The Morgan fingerprint density at radius 1 is 1.08 bits per heavy atom. The first kappa shape index (κ1) is 18.6. The summed E-state index contributed by atoms with van der Waals surface area (Å²) in [5.41, 5.74) is 2.13. The lowest BCUT2D eigenvalue weighted by atomic mass is 10.1. The maximum Gasteiger partial charge on any atom is 0.275 e. The predicted molar refractivity (Wildman–Crippen MR) is 107 cm³/mol. The summed E-state index contributed by atoms with van der Waals surface area (Å²) in [5, 5.41) is 7.86. The van der Waals surface area contributed by atoms with Crippen LogP contribution in [-0.2, 0) is 4.79 Å². The molecular weight excluding hydrogens is 364 g/mol. The Bertz CT molecular complexity index is 836. The van der Waals surface area contributed by atoms with E-state index in [1.165, 1.54) is 10.4 Å². The molecule has 3 nitrogen and oxygen atoms in total. The Morgan fingerprint density at radius 2 is 1.81 bits per heavy atom. The monoisotopic (exact) mass is 385 g/mol. The molecule has 1 heterocycles. The molecule has 0 spiro atoms. The molecule has 0 unspecified atom stereocenters. The molecule has 2 atom stereocenters. The largest absolute Gasteiger partial charge is 0.345 e. The van der Waals surface area contributed by atoms with E-state index in [4.69, 9.17) is 11.6 Å². The van der Waals surface area contributed by atoms with Gasteiger partial charge in [-0.2, -0.15) is 0 Å². The van der Waals surface area contributed by atoms with Gasteiger partial charge < -0.3 is 10.6 Å². The number of benzene rings is 2. The van der Waals surface area contributed by atoms with E-state index in [1.807, 2.05) is 55.5 Å². The van der Waals surface area contributed by atoms with Crippen LogP contribution in [0.25, 0.3) is 0 Å². The summed E-state index contributed by atoms with van der Waals surface area (Å²) >= 11 is 7.93. The molecule has 0 radical (unpaired) electrons. The number of halogens is 1. The van der Waals surface area contributed by atoms with Gasteiger partial charge in [-0.25, -0.2) is 0 Å². The quantitative estimate of drug-likeness (QED) is 0.636. The van der Waals surface area contributed by atoms with Crippen LogP contribution in [-0.4, -0.2) is 12.5 Å². The third kappa shape index (κ3) is 4.73. The number of hydrogen-bond donors (Lipinski definition) is 2. The standard InChI is InChI=1S/C21H21ClN2OS/c1-15(17-10-5-6-11-18(17)22)24-20(25)14-23-21(19-12-7-13-26-19)16-8-3-2-4-9-16/h2-13,15,21,23H,14H2,1H3,(H,24,25)/p+1/t15-,21+/m1/s1. The maximum absolute atomic E-state index is 12.5. The molecule has 3 N–H and O–H groups in total. The number of thiophene rings is 1. The highest BCUT2D eigenvalue weighted by molar-refractivity contribution is 7.10. The average Bonchev–Trinajstić information content (AvgIpc) is 3.17. The lowest BCUT2D eigenvalue weighted by Crippen LogP contribution is -2.87. The summed E-state index contributed by atoms with van der Waals surface area (Å²) in [6.45, 7) is 2.30. The molecule has 0 fully saturated rings. The van der Waals surface area contributed by atoms with Gasteiger partial charge in [0, 0.05) is 10.6 Å². The van der Waals surface area contributed by atoms with Gasteiger partial charge in [-0.3, -0.25) is 4.79 Å². The van der Waals surface area contributed by atoms with Crippen molar-refractivity contribution < 1.29 is 10.1 Å². The second-order valence-corrected chi connectivity index (χ2v) is 7.54. The molecule has 0 bridgehead atoms. The lowest BCUT2D eigenvalue weighted by Gasteiger charge is -2.17. The zero-order valence-electron chi connectivity index (χ0n) is 14.6. The summed E-state index contributed by atoms with van der Waals surface area (Å²) in [5.74, 6) is -0.00472. The average molecular weight is 386 g/mol. The van der Waals surface area contributed by atoms with Crippen LogP contribution in [0.15, 0.2) is 72.1 Å². The molecule has 26 heavy (non-hydrogen) atoms. The number of nitrogens with one attached hydrogen (secondary N) is 1. The molecule has 0 aliphatic heterocycles. The third-order valence-electron chi connectivity index (χ3n) is 4.30. The first-order valence-corrected chi connectivity index (χ1v) is 9.86. The molecule has 0 aliphatic carbocycles. The summed E-state index contributed by atoms with van der Waals surface area (Å²) in [7, 11) is 0. The van der Waals surface area contributed by atoms with Gasteiger partial charge in [0.05, 0.1) is 10.9 Å². The van der Waals surface area contributed by atoms with Crippen LogP contribution in [0.4, 0.5) is 0 Å². The fraction of sp³-hybridized carbons (Fsp3) is 0.190. The summed E-state index contributed by atoms with van der Waals surface area (Å²) < 4.78 is 0. The number of quaternary nitrogens is 1. The van der Waals surface area contributed by atoms with Crippen molar-refractivity contribution in [3.63, 3.8) is 0 Å². The maximum atomic E-state index is 12.5. The van der Waals surface area contributed by atoms with Gasteiger partial charge in [0.1, 0.15) is 6.04 Å². The van der Waals surface area contributed by atoms with Crippen molar-refractivity contribution in [3.8, 4) is 0 Å². The highest BCUT2D eigenvalue weighted by Crippen LogP contribution is 2.23. The van der Waals surface area contributed by atoms with Gasteiger partial charge >= 0.3 is 0 Å². The second kappa shape index (κ2) is 8.99. The van der Waals surface area contributed by atoms with E-state index >= 15 is 0 Å². The Hall–Kier alpha value is -2.14. The Kier molecular flexibility index (Phi) is 6.45. The number of amides is 1. The van der Waals surface area contributed by atoms with Crippen molar-refractivity contribution in [1.82, 2.24) is 5.32 Å². The molecule has 2 aromatic carbocycles. The van der Waals surface area contributed by atoms with Crippen molar-refractivity contribution in [2.45, 2.75) is 19.0 Å². The van der Waals surface area contributed by atoms with E-state index in [2.05, 4.69) is 34.2 Å². The summed E-state index contributed by atoms with van der Waals surface area (Å²) in [4.78, 5) is 13.7. The number of hydrogen-bond acceptors (Lipinski definition) is 2. The van der Waals surface area contributed by atoms with Crippen molar-refractivity contribution in [3.05, 3.63) is 93.1 Å². The number of rotatable bonds is 7. The lowest BCUT2D eigenvalue weighted by molar-refractivity contribution is -0.676. The molecule has 5 heteroatoms. The molecule has 0 saturated heterocycles. The zero-order chi connectivity index (χ0) is 18.4. The molecule has 134 valence electrons. The molecule has 1 aromatic heterocycles. The third-order valence-corrected chi connectivity index (χ3v) is 5.60.